The maximum atomic E-state index is 10.5. The summed E-state index contributed by atoms with van der Waals surface area (Å²) < 4.78 is 23.3. The third-order valence-electron chi connectivity index (χ3n) is 0.968. The average Bonchev–Trinajstić information content (AvgIpc) is 1.78. The van der Waals surface area contributed by atoms with E-state index in [-0.39, 0.29) is 0 Å². The summed E-state index contributed by atoms with van der Waals surface area (Å²) >= 11 is 0. The van der Waals surface area contributed by atoms with Gasteiger partial charge >= 0.3 is 0 Å². The highest BCUT2D eigenvalue weighted by atomic mass is 32.2. The molecule has 0 aliphatic heterocycles. The van der Waals surface area contributed by atoms with E-state index in [1.807, 2.05) is 7.05 Å². The Morgan fingerprint density at radius 2 is 1.90 bits per heavy atom. The van der Waals surface area contributed by atoms with Gasteiger partial charge in [-0.2, -0.15) is 0 Å². The molecule has 10 heavy (non-hydrogen) atoms. The van der Waals surface area contributed by atoms with E-state index in [4.69, 9.17) is 0 Å². The summed E-state index contributed by atoms with van der Waals surface area (Å²) in [7, 11) is -1.15. The predicted octanol–water partition coefficient (Wildman–Crippen LogP) is -0.855. The molecular formula is C5H14N2O2S. The number of hydrogen-bond acceptors (Lipinski definition) is 3. The average molecular weight is 166 g/mol. The minimum Gasteiger partial charge on any atom is -0.320 e. The third-order valence-corrected chi connectivity index (χ3v) is 1.70. The van der Waals surface area contributed by atoms with Crippen molar-refractivity contribution < 1.29 is 8.42 Å². The Labute approximate surface area is 62.1 Å². The monoisotopic (exact) mass is 166 g/mol. The highest BCUT2D eigenvalue weighted by Gasteiger charge is 1.96. The molecule has 62 valence electrons. The minimum absolute atomic E-state index is 0.514. The second kappa shape index (κ2) is 4.65. The van der Waals surface area contributed by atoms with Gasteiger partial charge in [0.1, 0.15) is 0 Å². The normalized spacial score (nSPS) is 11.8. The van der Waals surface area contributed by atoms with Crippen LogP contribution in [0.2, 0.25) is 0 Å². The van der Waals surface area contributed by atoms with Crippen LogP contribution in [0.4, 0.5) is 0 Å². The standard InChI is InChI=1S/C5H14N2O2S/c1-6-4-3-5-7-10(2,8)9/h6-7H,3-5H2,1-2H3. The maximum absolute atomic E-state index is 10.5. The highest BCUT2D eigenvalue weighted by molar-refractivity contribution is 7.88. The molecule has 0 bridgehead atoms. The Balaban J connectivity index is 3.21. The van der Waals surface area contributed by atoms with Crippen LogP contribution in [-0.2, 0) is 10.0 Å². The largest absolute Gasteiger partial charge is 0.320 e. The first-order chi connectivity index (χ1) is 4.56. The van der Waals surface area contributed by atoms with Gasteiger partial charge < -0.3 is 5.32 Å². The van der Waals surface area contributed by atoms with Gasteiger partial charge in [-0.05, 0) is 20.0 Å². The fourth-order valence-electron chi connectivity index (χ4n) is 0.523. The summed E-state index contributed by atoms with van der Waals surface area (Å²) in [5.74, 6) is 0. The predicted molar refractivity (Wildman–Crippen MR) is 41.4 cm³/mol. The molecule has 0 rings (SSSR count). The van der Waals surface area contributed by atoms with E-state index in [2.05, 4.69) is 10.0 Å². The third kappa shape index (κ3) is 7.87. The SMILES string of the molecule is CNCCCNS(C)(=O)=O. The number of rotatable bonds is 5. The lowest BCUT2D eigenvalue weighted by Crippen LogP contribution is -2.25. The van der Waals surface area contributed by atoms with Crippen molar-refractivity contribution in [3.63, 3.8) is 0 Å². The zero-order valence-corrected chi connectivity index (χ0v) is 7.16. The van der Waals surface area contributed by atoms with E-state index in [0.29, 0.717) is 6.54 Å². The number of hydrogen-bond donors (Lipinski definition) is 2. The van der Waals surface area contributed by atoms with Crippen molar-refractivity contribution in [3.05, 3.63) is 0 Å². The van der Waals surface area contributed by atoms with E-state index >= 15 is 0 Å². The quantitative estimate of drug-likeness (QED) is 0.523. The number of nitrogens with one attached hydrogen (secondary N) is 2. The lowest BCUT2D eigenvalue weighted by atomic mass is 10.4. The summed E-state index contributed by atoms with van der Waals surface area (Å²) in [6, 6.07) is 0. The Hall–Kier alpha value is -0.130. The second-order valence-electron chi connectivity index (χ2n) is 2.12. The first-order valence-corrected chi connectivity index (χ1v) is 5.04. The lowest BCUT2D eigenvalue weighted by Gasteiger charge is -2.00. The summed E-state index contributed by atoms with van der Waals surface area (Å²) in [5.41, 5.74) is 0. The molecular weight excluding hydrogens is 152 g/mol. The van der Waals surface area contributed by atoms with Crippen molar-refractivity contribution in [2.75, 3.05) is 26.4 Å². The van der Waals surface area contributed by atoms with Crippen molar-refractivity contribution in [1.29, 1.82) is 0 Å². The van der Waals surface area contributed by atoms with Gasteiger partial charge in [-0.3, -0.25) is 0 Å². The van der Waals surface area contributed by atoms with Gasteiger partial charge in [0.2, 0.25) is 10.0 Å². The molecule has 2 N–H and O–H groups in total. The smallest absolute Gasteiger partial charge is 0.208 e. The highest BCUT2D eigenvalue weighted by Crippen LogP contribution is 1.76. The van der Waals surface area contributed by atoms with Gasteiger partial charge in [0, 0.05) is 6.54 Å². The van der Waals surface area contributed by atoms with Crippen molar-refractivity contribution in [3.8, 4) is 0 Å². The lowest BCUT2D eigenvalue weighted by molar-refractivity contribution is 0.583. The van der Waals surface area contributed by atoms with E-state index < -0.39 is 10.0 Å². The van der Waals surface area contributed by atoms with Gasteiger partial charge in [-0.25, -0.2) is 13.1 Å². The molecule has 4 nitrogen and oxygen atoms in total. The molecule has 0 atom stereocenters. The molecule has 0 aliphatic carbocycles. The zero-order valence-electron chi connectivity index (χ0n) is 6.35. The Kier molecular flexibility index (Phi) is 4.59. The van der Waals surface area contributed by atoms with Crippen LogP contribution in [0.25, 0.3) is 0 Å². The van der Waals surface area contributed by atoms with Crippen molar-refractivity contribution in [2.24, 2.45) is 0 Å². The van der Waals surface area contributed by atoms with Crippen LogP contribution in [0, 0.1) is 0 Å². The van der Waals surface area contributed by atoms with Crippen molar-refractivity contribution in [2.45, 2.75) is 6.42 Å². The Morgan fingerprint density at radius 3 is 2.30 bits per heavy atom. The fraction of sp³-hybridized carbons (Fsp3) is 1.00. The second-order valence-corrected chi connectivity index (χ2v) is 3.96. The van der Waals surface area contributed by atoms with Gasteiger partial charge in [-0.15, -0.1) is 0 Å². The first-order valence-electron chi connectivity index (χ1n) is 3.15. The molecule has 0 aliphatic rings. The molecule has 0 fully saturated rings. The van der Waals surface area contributed by atoms with Crippen LogP contribution < -0.4 is 10.0 Å². The van der Waals surface area contributed by atoms with E-state index in [0.717, 1.165) is 19.2 Å². The molecule has 0 amide bonds. The Morgan fingerprint density at radius 1 is 1.30 bits per heavy atom. The van der Waals surface area contributed by atoms with Gasteiger partial charge in [-0.1, -0.05) is 0 Å². The number of sulfonamides is 1. The molecule has 0 saturated heterocycles. The van der Waals surface area contributed by atoms with E-state index in [1.54, 1.807) is 0 Å². The summed E-state index contributed by atoms with van der Waals surface area (Å²) in [5, 5.41) is 2.92. The van der Waals surface area contributed by atoms with E-state index in [9.17, 15) is 8.42 Å². The van der Waals surface area contributed by atoms with Crippen LogP contribution in [-0.4, -0.2) is 34.8 Å². The van der Waals surface area contributed by atoms with Crippen LogP contribution in [0.3, 0.4) is 0 Å². The van der Waals surface area contributed by atoms with Gasteiger partial charge in [0.25, 0.3) is 0 Å². The minimum atomic E-state index is -2.98. The fourth-order valence-corrected chi connectivity index (χ4v) is 1.04. The summed E-state index contributed by atoms with van der Waals surface area (Å²) in [4.78, 5) is 0. The van der Waals surface area contributed by atoms with Crippen molar-refractivity contribution in [1.82, 2.24) is 10.0 Å². The van der Waals surface area contributed by atoms with Crippen LogP contribution in [0.1, 0.15) is 6.42 Å². The molecule has 0 aromatic carbocycles. The van der Waals surface area contributed by atoms with Crippen LogP contribution >= 0.6 is 0 Å². The molecule has 0 heterocycles. The molecule has 0 unspecified atom stereocenters. The van der Waals surface area contributed by atoms with Gasteiger partial charge in [0.15, 0.2) is 0 Å². The molecule has 0 aromatic rings. The zero-order chi connectivity index (χ0) is 8.04. The molecule has 5 heteroatoms. The molecule has 0 aromatic heterocycles. The molecule has 0 saturated carbocycles. The topological polar surface area (TPSA) is 58.2 Å². The summed E-state index contributed by atoms with van der Waals surface area (Å²) in [6.07, 6.45) is 1.98. The van der Waals surface area contributed by atoms with Crippen LogP contribution in [0.15, 0.2) is 0 Å². The van der Waals surface area contributed by atoms with Crippen LogP contribution in [0.5, 0.6) is 0 Å². The van der Waals surface area contributed by atoms with E-state index in [1.165, 1.54) is 0 Å². The molecule has 0 spiro atoms. The molecule has 0 radical (unpaired) electrons. The Bertz CT molecular complexity index is 164. The van der Waals surface area contributed by atoms with Gasteiger partial charge in [0.05, 0.1) is 6.26 Å². The maximum Gasteiger partial charge on any atom is 0.208 e. The van der Waals surface area contributed by atoms with Crippen molar-refractivity contribution >= 4 is 10.0 Å². The summed E-state index contributed by atoms with van der Waals surface area (Å²) in [6.45, 7) is 1.35. The first kappa shape index (κ1) is 9.87.